The van der Waals surface area contributed by atoms with E-state index in [2.05, 4.69) is 81.5 Å². The van der Waals surface area contributed by atoms with Gasteiger partial charge in [-0.1, -0.05) is 242 Å². The molecule has 388 valence electrons. The largest absolute Gasteiger partial charge is 0.462 e. The van der Waals surface area contributed by atoms with Gasteiger partial charge in [-0.2, -0.15) is 0 Å². The zero-order valence-electron chi connectivity index (χ0n) is 44.4. The van der Waals surface area contributed by atoms with Crippen molar-refractivity contribution in [3.8, 4) is 0 Å². The zero-order valence-corrected chi connectivity index (χ0v) is 44.4. The third kappa shape index (κ3) is 53.9. The third-order valence-corrected chi connectivity index (χ3v) is 12.5. The summed E-state index contributed by atoms with van der Waals surface area (Å²) in [7, 11) is 0. The van der Waals surface area contributed by atoms with E-state index >= 15 is 0 Å². The van der Waals surface area contributed by atoms with Crippen molar-refractivity contribution < 1.29 is 28.6 Å². The Balaban J connectivity index is 4.38. The van der Waals surface area contributed by atoms with E-state index in [9.17, 15) is 14.4 Å². The van der Waals surface area contributed by atoms with Crippen LogP contribution < -0.4 is 0 Å². The van der Waals surface area contributed by atoms with Gasteiger partial charge in [0.1, 0.15) is 13.2 Å². The van der Waals surface area contributed by atoms with E-state index in [1.807, 2.05) is 0 Å². The molecule has 0 aromatic carbocycles. The van der Waals surface area contributed by atoms with E-state index in [4.69, 9.17) is 14.2 Å². The molecule has 0 saturated carbocycles. The normalized spacial score (nSPS) is 12.5. The minimum atomic E-state index is -0.783. The molecular weight excluding hydrogens is 829 g/mol. The Morgan fingerprint density at radius 2 is 0.537 bits per heavy atom. The Hall–Kier alpha value is -2.89. The number of hydrogen-bond acceptors (Lipinski definition) is 6. The summed E-state index contributed by atoms with van der Waals surface area (Å²) < 4.78 is 16.9. The van der Waals surface area contributed by atoms with Crippen LogP contribution in [0.15, 0.2) is 60.8 Å². The highest BCUT2D eigenvalue weighted by atomic mass is 16.6. The van der Waals surface area contributed by atoms with E-state index in [0.29, 0.717) is 19.3 Å². The first-order chi connectivity index (χ1) is 33.0. The molecule has 0 aliphatic heterocycles. The quantitative estimate of drug-likeness (QED) is 0.0262. The molecule has 67 heavy (non-hydrogen) atoms. The van der Waals surface area contributed by atoms with Crippen molar-refractivity contribution in [1.82, 2.24) is 0 Å². The molecule has 0 radical (unpaired) electrons. The molecule has 0 saturated heterocycles. The first kappa shape index (κ1) is 64.1. The summed E-state index contributed by atoms with van der Waals surface area (Å²) in [5.41, 5.74) is 0. The lowest BCUT2D eigenvalue weighted by atomic mass is 10.0. The van der Waals surface area contributed by atoms with Gasteiger partial charge in [-0.15, -0.1) is 0 Å². The lowest BCUT2D eigenvalue weighted by Crippen LogP contribution is -2.30. The van der Waals surface area contributed by atoms with Gasteiger partial charge in [-0.3, -0.25) is 14.4 Å². The summed E-state index contributed by atoms with van der Waals surface area (Å²) in [5, 5.41) is 0. The lowest BCUT2D eigenvalue weighted by Gasteiger charge is -2.18. The van der Waals surface area contributed by atoms with Gasteiger partial charge < -0.3 is 14.2 Å². The Morgan fingerprint density at radius 3 is 0.866 bits per heavy atom. The summed E-state index contributed by atoms with van der Waals surface area (Å²) in [6.07, 6.45) is 69.2. The van der Waals surface area contributed by atoms with Crippen molar-refractivity contribution in [2.45, 2.75) is 297 Å². The summed E-state index contributed by atoms with van der Waals surface area (Å²) >= 11 is 0. The molecule has 0 aliphatic rings. The Bertz CT molecular complexity index is 1210. The number of hydrogen-bond donors (Lipinski definition) is 0. The van der Waals surface area contributed by atoms with Gasteiger partial charge in [-0.25, -0.2) is 0 Å². The second-order valence-electron chi connectivity index (χ2n) is 19.2. The average Bonchev–Trinajstić information content (AvgIpc) is 3.33. The van der Waals surface area contributed by atoms with Crippen LogP contribution in [0.1, 0.15) is 290 Å². The number of rotatable bonds is 52. The predicted molar refractivity (Wildman–Crippen MR) is 288 cm³/mol. The molecule has 6 nitrogen and oxygen atoms in total. The second-order valence-corrected chi connectivity index (χ2v) is 19.2. The van der Waals surface area contributed by atoms with Gasteiger partial charge in [0.15, 0.2) is 6.10 Å². The summed E-state index contributed by atoms with van der Waals surface area (Å²) in [6, 6.07) is 0. The first-order valence-electron chi connectivity index (χ1n) is 28.8. The van der Waals surface area contributed by atoms with Crippen LogP contribution in [0.2, 0.25) is 0 Å². The van der Waals surface area contributed by atoms with Crippen LogP contribution in [0.25, 0.3) is 0 Å². The van der Waals surface area contributed by atoms with E-state index in [-0.39, 0.29) is 31.1 Å². The maximum Gasteiger partial charge on any atom is 0.306 e. The molecule has 0 unspecified atom stereocenters. The molecule has 0 N–H and O–H groups in total. The Kier molecular flexibility index (Phi) is 53.3. The predicted octanol–water partition coefficient (Wildman–Crippen LogP) is 19.2. The molecule has 0 rings (SSSR count). The van der Waals surface area contributed by atoms with Gasteiger partial charge in [0, 0.05) is 19.3 Å². The van der Waals surface area contributed by atoms with E-state index in [0.717, 1.165) is 89.9 Å². The molecule has 0 fully saturated rings. The first-order valence-corrected chi connectivity index (χ1v) is 28.8. The highest BCUT2D eigenvalue weighted by Crippen LogP contribution is 2.16. The maximum absolute atomic E-state index is 12.8. The fourth-order valence-electron chi connectivity index (χ4n) is 8.13. The number of esters is 3. The van der Waals surface area contributed by atoms with Gasteiger partial charge in [0.2, 0.25) is 0 Å². The Morgan fingerprint density at radius 1 is 0.299 bits per heavy atom. The van der Waals surface area contributed by atoms with E-state index < -0.39 is 6.10 Å². The van der Waals surface area contributed by atoms with Gasteiger partial charge in [-0.05, 0) is 89.9 Å². The van der Waals surface area contributed by atoms with Crippen LogP contribution in [0.3, 0.4) is 0 Å². The SMILES string of the molecule is CCCCC/C=C\C/C=C\C/C=C\CCCCCCC(=O)OC[C@@H](COC(=O)CCCCCCCCCCC/C=C\C/C=C\CCCCC)OC(=O)CCCCCCCCCCCCCCC. The van der Waals surface area contributed by atoms with Crippen LogP contribution in [0.4, 0.5) is 0 Å². The molecule has 6 heteroatoms. The molecule has 0 bridgehead atoms. The van der Waals surface area contributed by atoms with Crippen molar-refractivity contribution in [2.75, 3.05) is 13.2 Å². The van der Waals surface area contributed by atoms with Gasteiger partial charge in [0.25, 0.3) is 0 Å². The van der Waals surface area contributed by atoms with Crippen molar-refractivity contribution >= 4 is 17.9 Å². The molecular formula is C61H108O6. The second kappa shape index (κ2) is 55.7. The van der Waals surface area contributed by atoms with Crippen molar-refractivity contribution in [1.29, 1.82) is 0 Å². The Labute approximate surface area is 415 Å². The minimum Gasteiger partial charge on any atom is -0.462 e. The van der Waals surface area contributed by atoms with Gasteiger partial charge >= 0.3 is 17.9 Å². The molecule has 0 spiro atoms. The molecule has 0 aromatic heterocycles. The molecule has 0 heterocycles. The summed E-state index contributed by atoms with van der Waals surface area (Å²) in [4.78, 5) is 38.1. The molecule has 1 atom stereocenters. The summed E-state index contributed by atoms with van der Waals surface area (Å²) in [6.45, 7) is 6.59. The number of allylic oxidation sites excluding steroid dienone is 10. The van der Waals surface area contributed by atoms with Crippen LogP contribution in [-0.4, -0.2) is 37.2 Å². The molecule has 0 aromatic rings. The van der Waals surface area contributed by atoms with E-state index in [1.165, 1.54) is 161 Å². The minimum absolute atomic E-state index is 0.0814. The number of carbonyl (C=O) groups is 3. The highest BCUT2D eigenvalue weighted by molar-refractivity contribution is 5.71. The topological polar surface area (TPSA) is 78.9 Å². The zero-order chi connectivity index (χ0) is 48.6. The fourth-order valence-corrected chi connectivity index (χ4v) is 8.13. The molecule has 0 amide bonds. The van der Waals surface area contributed by atoms with E-state index in [1.54, 1.807) is 0 Å². The average molecular weight is 938 g/mol. The number of ether oxygens (including phenoxy) is 3. The van der Waals surface area contributed by atoms with Crippen LogP contribution in [0, 0.1) is 0 Å². The maximum atomic E-state index is 12.8. The summed E-state index contributed by atoms with van der Waals surface area (Å²) in [5.74, 6) is -0.896. The highest BCUT2D eigenvalue weighted by Gasteiger charge is 2.19. The lowest BCUT2D eigenvalue weighted by molar-refractivity contribution is -0.167. The number of unbranched alkanes of at least 4 members (excludes halogenated alkanes) is 31. The third-order valence-electron chi connectivity index (χ3n) is 12.5. The monoisotopic (exact) mass is 937 g/mol. The fraction of sp³-hybridized carbons (Fsp3) is 0.787. The standard InChI is InChI=1S/C61H108O6/c1-4-7-10-13-16-19-22-25-27-29-30-32-34-37-39-42-45-48-51-54-60(63)66-57-58(67-61(64)55-52-49-46-43-40-35-24-21-18-15-12-9-6-3)56-65-59(62)53-50-47-44-41-38-36-33-31-28-26-23-20-17-14-11-8-5-2/h16-17,19-20,25-28,33,36,58H,4-15,18,21-24,29-32,34-35,37-57H2,1-3H3/b19-16-,20-17-,27-25-,28-26-,36-33-/t58-/m0/s1. The van der Waals surface area contributed by atoms with Crippen LogP contribution >= 0.6 is 0 Å². The van der Waals surface area contributed by atoms with Crippen molar-refractivity contribution in [3.63, 3.8) is 0 Å². The van der Waals surface area contributed by atoms with Gasteiger partial charge in [0.05, 0.1) is 0 Å². The number of carbonyl (C=O) groups excluding carboxylic acids is 3. The molecule has 0 aliphatic carbocycles. The van der Waals surface area contributed by atoms with Crippen LogP contribution in [-0.2, 0) is 28.6 Å². The van der Waals surface area contributed by atoms with Crippen LogP contribution in [0.5, 0.6) is 0 Å². The van der Waals surface area contributed by atoms with Crippen molar-refractivity contribution in [2.24, 2.45) is 0 Å². The smallest absolute Gasteiger partial charge is 0.306 e. The van der Waals surface area contributed by atoms with Crippen molar-refractivity contribution in [3.05, 3.63) is 60.8 Å².